The first kappa shape index (κ1) is 12.7. The molecule has 0 radical (unpaired) electrons. The molecule has 0 aliphatic rings. The second kappa shape index (κ2) is 5.34. The molecule has 0 saturated heterocycles. The molecule has 0 saturated carbocycles. The van der Waals surface area contributed by atoms with Gasteiger partial charge in [0.25, 0.3) is 0 Å². The molecule has 1 aromatic carbocycles. The number of aldehydes is 1. The molecule has 0 spiro atoms. The Morgan fingerprint density at radius 1 is 1.40 bits per heavy atom. The lowest BCUT2D eigenvalue weighted by Gasteiger charge is -2.09. The lowest BCUT2D eigenvalue weighted by atomic mass is 10.2. The summed E-state index contributed by atoms with van der Waals surface area (Å²) in [6.45, 7) is 0.326. The quantitative estimate of drug-likeness (QED) is 0.677. The number of carbonyl (C=O) groups is 1. The highest BCUT2D eigenvalue weighted by Gasteiger charge is 2.08. The van der Waals surface area contributed by atoms with Crippen molar-refractivity contribution in [2.75, 3.05) is 7.11 Å². The molecule has 0 fully saturated rings. The van der Waals surface area contributed by atoms with Crippen LogP contribution in [-0.2, 0) is 6.61 Å². The maximum absolute atomic E-state index is 10.8. The first-order chi connectivity index (χ1) is 9.80. The van der Waals surface area contributed by atoms with Gasteiger partial charge in [-0.2, -0.15) is 0 Å². The first-order valence-electron chi connectivity index (χ1n) is 5.97. The predicted molar refractivity (Wildman–Crippen MR) is 75.8 cm³/mol. The fourth-order valence-corrected chi connectivity index (χ4v) is 2.60. The number of hydrogen-bond acceptors (Lipinski definition) is 5. The summed E-state index contributed by atoms with van der Waals surface area (Å²) in [5, 5.41) is 1.98. The van der Waals surface area contributed by atoms with Crippen molar-refractivity contribution in [2.24, 2.45) is 0 Å². The molecule has 3 aromatic rings. The Labute approximate surface area is 119 Å². The summed E-state index contributed by atoms with van der Waals surface area (Å²) in [5.41, 5.74) is 1.38. The van der Waals surface area contributed by atoms with Crippen molar-refractivity contribution >= 4 is 22.6 Å². The zero-order valence-corrected chi connectivity index (χ0v) is 11.6. The van der Waals surface area contributed by atoms with E-state index in [1.54, 1.807) is 36.6 Å². The molecule has 0 unspecified atom stereocenters. The lowest BCUT2D eigenvalue weighted by Crippen LogP contribution is -1.98. The van der Waals surface area contributed by atoms with Crippen LogP contribution in [0.2, 0.25) is 0 Å². The molecule has 20 heavy (non-hydrogen) atoms. The Morgan fingerprint density at radius 3 is 3.05 bits per heavy atom. The zero-order chi connectivity index (χ0) is 13.9. The van der Waals surface area contributed by atoms with E-state index in [1.165, 1.54) is 0 Å². The van der Waals surface area contributed by atoms with E-state index >= 15 is 0 Å². The van der Waals surface area contributed by atoms with Crippen LogP contribution >= 0.6 is 11.3 Å². The normalized spacial score (nSPS) is 10.7. The van der Waals surface area contributed by atoms with Crippen LogP contribution in [0.5, 0.6) is 11.5 Å². The number of nitrogens with zero attached hydrogens (tertiary/aromatic N) is 2. The highest BCUT2D eigenvalue weighted by molar-refractivity contribution is 7.15. The van der Waals surface area contributed by atoms with Crippen molar-refractivity contribution in [1.29, 1.82) is 0 Å². The average Bonchev–Trinajstić information content (AvgIpc) is 3.05. The van der Waals surface area contributed by atoms with Gasteiger partial charge in [-0.15, -0.1) is 11.3 Å². The number of methoxy groups -OCH3 is 1. The van der Waals surface area contributed by atoms with Crippen molar-refractivity contribution in [3.63, 3.8) is 0 Å². The Balaban J connectivity index is 1.80. The third-order valence-electron chi connectivity index (χ3n) is 2.84. The van der Waals surface area contributed by atoms with E-state index in [1.807, 2.05) is 22.2 Å². The molecular formula is C14H12N2O3S. The summed E-state index contributed by atoms with van der Waals surface area (Å²) in [4.78, 5) is 16.2. The SMILES string of the molecule is COc1ccc(C=O)cc1OCc1cn2ccsc2n1. The van der Waals surface area contributed by atoms with E-state index in [9.17, 15) is 4.79 Å². The summed E-state index contributed by atoms with van der Waals surface area (Å²) in [5.74, 6) is 1.13. The number of rotatable bonds is 5. The molecule has 2 heterocycles. The summed E-state index contributed by atoms with van der Waals surface area (Å²) < 4.78 is 12.9. The Hall–Kier alpha value is -2.34. The second-order valence-electron chi connectivity index (χ2n) is 4.14. The largest absolute Gasteiger partial charge is 0.493 e. The van der Waals surface area contributed by atoms with Crippen LogP contribution in [0.1, 0.15) is 16.1 Å². The fraction of sp³-hybridized carbons (Fsp3) is 0.143. The zero-order valence-electron chi connectivity index (χ0n) is 10.8. The number of thiazole rings is 1. The van der Waals surface area contributed by atoms with E-state index in [2.05, 4.69) is 4.98 Å². The number of benzene rings is 1. The highest BCUT2D eigenvalue weighted by Crippen LogP contribution is 2.28. The van der Waals surface area contributed by atoms with Crippen LogP contribution in [0, 0.1) is 0 Å². The van der Waals surface area contributed by atoms with Gasteiger partial charge in [-0.25, -0.2) is 4.98 Å². The van der Waals surface area contributed by atoms with Crippen LogP contribution < -0.4 is 9.47 Å². The van der Waals surface area contributed by atoms with Crippen molar-refractivity contribution in [2.45, 2.75) is 6.61 Å². The maximum Gasteiger partial charge on any atom is 0.193 e. The number of aromatic nitrogens is 2. The van der Waals surface area contributed by atoms with Gasteiger partial charge in [0.15, 0.2) is 16.5 Å². The number of ether oxygens (including phenoxy) is 2. The van der Waals surface area contributed by atoms with Crippen LogP contribution in [0.4, 0.5) is 0 Å². The van der Waals surface area contributed by atoms with E-state index in [-0.39, 0.29) is 0 Å². The maximum atomic E-state index is 10.8. The van der Waals surface area contributed by atoms with E-state index in [0.29, 0.717) is 23.7 Å². The fourth-order valence-electron chi connectivity index (χ4n) is 1.88. The summed E-state index contributed by atoms with van der Waals surface area (Å²) in [6, 6.07) is 5.06. The minimum absolute atomic E-state index is 0.326. The molecular weight excluding hydrogens is 276 g/mol. The summed E-state index contributed by atoms with van der Waals surface area (Å²) in [7, 11) is 1.56. The van der Waals surface area contributed by atoms with Crippen molar-refractivity contribution < 1.29 is 14.3 Å². The molecule has 3 rings (SSSR count). The number of imidazole rings is 1. The van der Waals surface area contributed by atoms with Gasteiger partial charge in [0.1, 0.15) is 12.9 Å². The second-order valence-corrected chi connectivity index (χ2v) is 5.01. The van der Waals surface area contributed by atoms with Gasteiger partial charge in [0.2, 0.25) is 0 Å². The Morgan fingerprint density at radius 2 is 2.30 bits per heavy atom. The van der Waals surface area contributed by atoms with Gasteiger partial charge in [-0.05, 0) is 18.2 Å². The molecule has 0 aliphatic heterocycles. The van der Waals surface area contributed by atoms with Gasteiger partial charge in [-0.3, -0.25) is 9.20 Å². The minimum atomic E-state index is 0.326. The Kier molecular flexibility index (Phi) is 3.39. The molecule has 0 bridgehead atoms. The van der Waals surface area contributed by atoms with Gasteiger partial charge in [-0.1, -0.05) is 0 Å². The monoisotopic (exact) mass is 288 g/mol. The number of hydrogen-bond donors (Lipinski definition) is 0. The predicted octanol–water partition coefficient (Wildman–Crippen LogP) is 2.80. The third kappa shape index (κ3) is 2.37. The van der Waals surface area contributed by atoms with Crippen LogP contribution in [0.15, 0.2) is 36.0 Å². The number of carbonyl (C=O) groups excluding carboxylic acids is 1. The average molecular weight is 288 g/mol. The summed E-state index contributed by atoms with van der Waals surface area (Å²) >= 11 is 1.57. The summed E-state index contributed by atoms with van der Waals surface area (Å²) in [6.07, 6.45) is 4.64. The van der Waals surface area contributed by atoms with Crippen LogP contribution in [-0.4, -0.2) is 22.8 Å². The van der Waals surface area contributed by atoms with Gasteiger partial charge >= 0.3 is 0 Å². The van der Waals surface area contributed by atoms with Crippen molar-refractivity contribution in [3.8, 4) is 11.5 Å². The molecule has 5 nitrogen and oxygen atoms in total. The van der Waals surface area contributed by atoms with Gasteiger partial charge in [0, 0.05) is 23.3 Å². The molecule has 102 valence electrons. The van der Waals surface area contributed by atoms with Crippen molar-refractivity contribution in [3.05, 3.63) is 47.2 Å². The molecule has 0 atom stereocenters. The standard InChI is InChI=1S/C14H12N2O3S/c1-18-12-3-2-10(8-17)6-13(12)19-9-11-7-16-4-5-20-14(16)15-11/h2-8H,9H2,1H3. The highest BCUT2D eigenvalue weighted by atomic mass is 32.1. The topological polar surface area (TPSA) is 52.8 Å². The van der Waals surface area contributed by atoms with Crippen LogP contribution in [0.25, 0.3) is 4.96 Å². The van der Waals surface area contributed by atoms with Crippen molar-refractivity contribution in [1.82, 2.24) is 9.38 Å². The molecule has 0 aliphatic carbocycles. The van der Waals surface area contributed by atoms with E-state index in [4.69, 9.17) is 9.47 Å². The molecule has 6 heteroatoms. The van der Waals surface area contributed by atoms with Crippen LogP contribution in [0.3, 0.4) is 0 Å². The lowest BCUT2D eigenvalue weighted by molar-refractivity contribution is 0.112. The molecule has 2 aromatic heterocycles. The molecule has 0 N–H and O–H groups in total. The Bertz CT molecular complexity index is 719. The first-order valence-corrected chi connectivity index (χ1v) is 6.85. The van der Waals surface area contributed by atoms with Gasteiger partial charge in [0.05, 0.1) is 12.8 Å². The van der Waals surface area contributed by atoms with Gasteiger partial charge < -0.3 is 9.47 Å². The van der Waals surface area contributed by atoms with E-state index in [0.717, 1.165) is 16.9 Å². The third-order valence-corrected chi connectivity index (χ3v) is 3.61. The van der Waals surface area contributed by atoms with E-state index < -0.39 is 0 Å². The minimum Gasteiger partial charge on any atom is -0.493 e. The number of fused-ring (bicyclic) bond motifs is 1. The molecule has 0 amide bonds. The smallest absolute Gasteiger partial charge is 0.193 e.